The Hall–Kier alpha value is -0.860. The van der Waals surface area contributed by atoms with E-state index in [1.165, 1.54) is 32.1 Å². The molecule has 0 aromatic heterocycles. The smallest absolute Gasteiger partial charge is 0.222 e. The van der Waals surface area contributed by atoms with Crippen LogP contribution in [-0.4, -0.2) is 30.2 Å². The second kappa shape index (κ2) is 12.8. The van der Waals surface area contributed by atoms with Gasteiger partial charge in [-0.05, 0) is 19.8 Å². The summed E-state index contributed by atoms with van der Waals surface area (Å²) >= 11 is 0. The lowest BCUT2D eigenvalue weighted by atomic mass is 10.0. The summed E-state index contributed by atoms with van der Waals surface area (Å²) in [4.78, 5) is 24.8. The maximum Gasteiger partial charge on any atom is 0.222 e. The Morgan fingerprint density at radius 1 is 0.810 bits per heavy atom. The zero-order valence-electron chi connectivity index (χ0n) is 14.6. The summed E-state index contributed by atoms with van der Waals surface area (Å²) in [6.45, 7) is 6.77. The molecule has 3 nitrogen and oxygen atoms in total. The normalized spacial score (nSPS) is 10.9. The first-order valence-corrected chi connectivity index (χ1v) is 8.75. The van der Waals surface area contributed by atoms with E-state index in [1.54, 1.807) is 4.90 Å². The van der Waals surface area contributed by atoms with Gasteiger partial charge in [0.05, 0.1) is 0 Å². The molecule has 0 saturated heterocycles. The zero-order valence-corrected chi connectivity index (χ0v) is 14.6. The Morgan fingerprint density at radius 3 is 1.67 bits per heavy atom. The van der Waals surface area contributed by atoms with Crippen LogP contribution in [0.5, 0.6) is 0 Å². The molecule has 0 unspecified atom stereocenters. The predicted molar refractivity (Wildman–Crippen MR) is 89.3 cm³/mol. The highest BCUT2D eigenvalue weighted by molar-refractivity contribution is 5.80. The Labute approximate surface area is 131 Å². The Balaban J connectivity index is 3.26. The van der Waals surface area contributed by atoms with E-state index in [2.05, 4.69) is 0 Å². The molecule has 3 heteroatoms. The number of rotatable bonds is 13. The van der Waals surface area contributed by atoms with Crippen molar-refractivity contribution >= 4 is 11.7 Å². The van der Waals surface area contributed by atoms with Crippen molar-refractivity contribution in [3.8, 4) is 0 Å². The summed E-state index contributed by atoms with van der Waals surface area (Å²) in [6.07, 6.45) is 10.9. The van der Waals surface area contributed by atoms with Crippen LogP contribution in [0.2, 0.25) is 0 Å². The van der Waals surface area contributed by atoms with Gasteiger partial charge >= 0.3 is 0 Å². The fraction of sp³-hybridized carbons (Fsp3) is 0.889. The van der Waals surface area contributed by atoms with Crippen LogP contribution in [0.15, 0.2) is 0 Å². The van der Waals surface area contributed by atoms with Gasteiger partial charge in [-0.1, -0.05) is 52.4 Å². The molecule has 0 fully saturated rings. The van der Waals surface area contributed by atoms with Crippen LogP contribution in [0.25, 0.3) is 0 Å². The van der Waals surface area contributed by atoms with Crippen LogP contribution >= 0.6 is 0 Å². The second-order valence-corrected chi connectivity index (χ2v) is 6.36. The molecule has 1 amide bonds. The molecule has 124 valence electrons. The first-order chi connectivity index (χ1) is 9.99. The summed E-state index contributed by atoms with van der Waals surface area (Å²) in [6, 6.07) is 0. The number of carbonyl (C=O) groups excluding carboxylic acids is 2. The fourth-order valence-electron chi connectivity index (χ4n) is 2.29. The van der Waals surface area contributed by atoms with Crippen molar-refractivity contribution in [2.24, 2.45) is 5.92 Å². The lowest BCUT2D eigenvalue weighted by molar-refractivity contribution is -0.129. The van der Waals surface area contributed by atoms with Crippen LogP contribution in [0.4, 0.5) is 0 Å². The topological polar surface area (TPSA) is 37.4 Å². The molecule has 0 aromatic rings. The molecule has 0 aliphatic rings. The molecule has 0 heterocycles. The highest BCUT2D eigenvalue weighted by Gasteiger charge is 2.06. The zero-order chi connectivity index (χ0) is 16.1. The maximum atomic E-state index is 11.6. The van der Waals surface area contributed by atoms with Gasteiger partial charge in [-0.25, -0.2) is 0 Å². The van der Waals surface area contributed by atoms with E-state index in [-0.39, 0.29) is 11.8 Å². The molecule has 0 saturated carbocycles. The number of amides is 1. The van der Waals surface area contributed by atoms with Gasteiger partial charge in [0, 0.05) is 32.4 Å². The van der Waals surface area contributed by atoms with Gasteiger partial charge in [-0.15, -0.1) is 0 Å². The molecule has 0 N–H and O–H groups in total. The molecule has 0 bridgehead atoms. The van der Waals surface area contributed by atoms with Crippen molar-refractivity contribution in [2.45, 2.75) is 85.0 Å². The van der Waals surface area contributed by atoms with Gasteiger partial charge in [0.1, 0.15) is 5.78 Å². The van der Waals surface area contributed by atoms with Crippen molar-refractivity contribution < 1.29 is 9.59 Å². The number of hydrogen-bond acceptors (Lipinski definition) is 2. The highest BCUT2D eigenvalue weighted by Crippen LogP contribution is 2.12. The predicted octanol–water partition coefficient (Wildman–Crippen LogP) is 4.59. The molecule has 0 rings (SSSR count). The molecule has 0 aliphatic heterocycles. The van der Waals surface area contributed by atoms with Crippen LogP contribution < -0.4 is 0 Å². The molecular weight excluding hydrogens is 262 g/mol. The monoisotopic (exact) mass is 297 g/mol. The summed E-state index contributed by atoms with van der Waals surface area (Å²) in [5, 5.41) is 0. The molecule has 0 atom stereocenters. The van der Waals surface area contributed by atoms with Crippen molar-refractivity contribution in [1.82, 2.24) is 4.90 Å². The van der Waals surface area contributed by atoms with E-state index in [0.29, 0.717) is 12.2 Å². The molecular formula is C18H35NO2. The SMILES string of the molecule is CCN(C)C(=O)CCCCCCCCCCC(=O)C(C)C. The number of hydrogen-bond donors (Lipinski definition) is 0. The highest BCUT2D eigenvalue weighted by atomic mass is 16.2. The van der Waals surface area contributed by atoms with E-state index >= 15 is 0 Å². The number of nitrogens with zero attached hydrogens (tertiary/aromatic N) is 1. The van der Waals surface area contributed by atoms with Gasteiger partial charge in [-0.3, -0.25) is 9.59 Å². The number of Topliss-reactive ketones (excluding diaryl/α,β-unsaturated/α-hetero) is 1. The summed E-state index contributed by atoms with van der Waals surface area (Å²) in [5.74, 6) is 0.864. The second-order valence-electron chi connectivity index (χ2n) is 6.36. The number of carbonyl (C=O) groups is 2. The van der Waals surface area contributed by atoms with E-state index in [4.69, 9.17) is 0 Å². The first-order valence-electron chi connectivity index (χ1n) is 8.75. The first kappa shape index (κ1) is 20.1. The summed E-state index contributed by atoms with van der Waals surface area (Å²) in [5.41, 5.74) is 0. The molecule has 21 heavy (non-hydrogen) atoms. The third-order valence-corrected chi connectivity index (χ3v) is 4.11. The minimum absolute atomic E-state index is 0.194. The van der Waals surface area contributed by atoms with Gasteiger partial charge in [0.25, 0.3) is 0 Å². The van der Waals surface area contributed by atoms with Crippen molar-refractivity contribution in [3.05, 3.63) is 0 Å². The van der Waals surface area contributed by atoms with E-state index in [9.17, 15) is 9.59 Å². The van der Waals surface area contributed by atoms with Crippen molar-refractivity contribution in [1.29, 1.82) is 0 Å². The van der Waals surface area contributed by atoms with E-state index in [0.717, 1.165) is 32.2 Å². The standard InChI is InChI=1S/C18H35NO2/c1-5-19(4)18(21)15-13-11-9-7-6-8-10-12-14-17(20)16(2)3/h16H,5-15H2,1-4H3. The summed E-state index contributed by atoms with van der Waals surface area (Å²) < 4.78 is 0. The van der Waals surface area contributed by atoms with Crippen LogP contribution in [-0.2, 0) is 9.59 Å². The van der Waals surface area contributed by atoms with Gasteiger partial charge < -0.3 is 4.90 Å². The number of ketones is 1. The Kier molecular flexibility index (Phi) is 12.3. The molecule has 0 spiro atoms. The van der Waals surface area contributed by atoms with E-state index < -0.39 is 0 Å². The molecule has 0 aliphatic carbocycles. The molecule has 0 aromatic carbocycles. The lowest BCUT2D eigenvalue weighted by Gasteiger charge is -2.13. The summed E-state index contributed by atoms with van der Waals surface area (Å²) in [7, 11) is 1.87. The fourth-order valence-corrected chi connectivity index (χ4v) is 2.29. The largest absolute Gasteiger partial charge is 0.346 e. The maximum absolute atomic E-state index is 11.6. The van der Waals surface area contributed by atoms with Crippen molar-refractivity contribution in [2.75, 3.05) is 13.6 Å². The van der Waals surface area contributed by atoms with Crippen LogP contribution in [0.3, 0.4) is 0 Å². The van der Waals surface area contributed by atoms with E-state index in [1.807, 2.05) is 27.8 Å². The molecule has 0 radical (unpaired) electrons. The van der Waals surface area contributed by atoms with Gasteiger partial charge in [-0.2, -0.15) is 0 Å². The van der Waals surface area contributed by atoms with Gasteiger partial charge in [0.2, 0.25) is 5.91 Å². The van der Waals surface area contributed by atoms with Crippen LogP contribution in [0, 0.1) is 5.92 Å². The minimum Gasteiger partial charge on any atom is -0.346 e. The Morgan fingerprint density at radius 2 is 1.24 bits per heavy atom. The van der Waals surface area contributed by atoms with Crippen LogP contribution in [0.1, 0.15) is 85.0 Å². The quantitative estimate of drug-likeness (QED) is 0.466. The average Bonchev–Trinajstić information content (AvgIpc) is 2.47. The third-order valence-electron chi connectivity index (χ3n) is 4.11. The average molecular weight is 297 g/mol. The minimum atomic E-state index is 0.194. The third kappa shape index (κ3) is 11.5. The lowest BCUT2D eigenvalue weighted by Crippen LogP contribution is -2.25. The number of unbranched alkanes of at least 4 members (excludes halogenated alkanes) is 7. The Bertz CT molecular complexity index is 287. The van der Waals surface area contributed by atoms with Gasteiger partial charge in [0.15, 0.2) is 0 Å². The van der Waals surface area contributed by atoms with Crippen molar-refractivity contribution in [3.63, 3.8) is 0 Å².